The van der Waals surface area contributed by atoms with E-state index in [1.54, 1.807) is 0 Å². The second-order valence-corrected chi connectivity index (χ2v) is 9.37. The van der Waals surface area contributed by atoms with Crippen LogP contribution in [0.25, 0.3) is 0 Å². The van der Waals surface area contributed by atoms with Gasteiger partial charge >= 0.3 is 0 Å². The molecule has 2 amide bonds. The molecule has 1 aliphatic rings. The Kier molecular flexibility index (Phi) is 6.49. The maximum Gasteiger partial charge on any atom is 0.290 e. The van der Waals surface area contributed by atoms with Crippen LogP contribution in [0.1, 0.15) is 66.8 Å². The van der Waals surface area contributed by atoms with Crippen LogP contribution < -0.4 is 15.6 Å². The van der Waals surface area contributed by atoms with Crippen molar-refractivity contribution in [1.29, 1.82) is 0 Å². The van der Waals surface area contributed by atoms with Crippen molar-refractivity contribution in [2.24, 2.45) is 0 Å². The number of carbonyl (C=O) groups excluding carboxylic acids is 2. The number of hydrogen-bond acceptors (Lipinski definition) is 4. The highest BCUT2D eigenvalue weighted by molar-refractivity contribution is 5.94. The molecule has 2 N–H and O–H groups in total. The van der Waals surface area contributed by atoms with Crippen LogP contribution in [0.5, 0.6) is 5.75 Å². The molecule has 0 unspecified atom stereocenters. The second kappa shape index (κ2) is 9.48. The fourth-order valence-corrected chi connectivity index (χ4v) is 3.69. The van der Waals surface area contributed by atoms with E-state index in [2.05, 4.69) is 48.9 Å². The monoisotopic (exact) mass is 446 g/mol. The Bertz CT molecular complexity index is 1130. The summed E-state index contributed by atoms with van der Waals surface area (Å²) < 4.78 is 7.64. The quantitative estimate of drug-likeness (QED) is 0.538. The Labute approximate surface area is 194 Å². The number of nitrogens with one attached hydrogen (secondary N) is 2. The summed E-state index contributed by atoms with van der Waals surface area (Å²) in [4.78, 5) is 24.9. The van der Waals surface area contributed by atoms with Gasteiger partial charge in [0.2, 0.25) is 0 Å². The smallest absolute Gasteiger partial charge is 0.290 e. The third kappa shape index (κ3) is 5.80. The van der Waals surface area contributed by atoms with Gasteiger partial charge in [-0.1, -0.05) is 48.5 Å². The Balaban J connectivity index is 1.32. The maximum atomic E-state index is 12.6. The molecule has 33 heavy (non-hydrogen) atoms. The Morgan fingerprint density at radius 2 is 1.73 bits per heavy atom. The van der Waals surface area contributed by atoms with Crippen molar-refractivity contribution in [1.82, 2.24) is 20.6 Å². The fourth-order valence-electron chi connectivity index (χ4n) is 3.69. The van der Waals surface area contributed by atoms with Crippen LogP contribution in [0.3, 0.4) is 0 Å². The first-order valence-electron chi connectivity index (χ1n) is 11.3. The molecule has 0 aliphatic heterocycles. The fraction of sp³-hybridized carbons (Fsp3) is 0.346. The third-order valence-corrected chi connectivity index (χ3v) is 5.48. The zero-order chi connectivity index (χ0) is 23.4. The minimum absolute atomic E-state index is 0.212. The summed E-state index contributed by atoms with van der Waals surface area (Å²) >= 11 is 0. The van der Waals surface area contributed by atoms with Crippen LogP contribution in [0.4, 0.5) is 0 Å². The van der Waals surface area contributed by atoms with Crippen LogP contribution in [-0.2, 0) is 16.8 Å². The number of rotatable bonds is 7. The van der Waals surface area contributed by atoms with Crippen molar-refractivity contribution in [3.8, 4) is 5.75 Å². The van der Waals surface area contributed by atoms with Gasteiger partial charge in [-0.15, -0.1) is 0 Å². The standard InChI is InChI=1S/C26H30N4O3/c1-26(2,3)30-22(19-13-14-19)16-21(29-30)25(32)28-27-24(31)17-33-23-12-8-7-11-20(23)15-18-9-5-4-6-10-18/h4-12,16,19H,13-15,17H2,1-3H3,(H,27,31)(H,28,32). The van der Waals surface area contributed by atoms with E-state index in [0.717, 1.165) is 29.7 Å². The van der Waals surface area contributed by atoms with Gasteiger partial charge in [-0.25, -0.2) is 0 Å². The summed E-state index contributed by atoms with van der Waals surface area (Å²) in [7, 11) is 0. The van der Waals surface area contributed by atoms with Crippen molar-refractivity contribution in [2.45, 2.75) is 51.5 Å². The number of hydrazine groups is 1. The highest BCUT2D eigenvalue weighted by Crippen LogP contribution is 2.41. The highest BCUT2D eigenvalue weighted by atomic mass is 16.5. The first-order valence-corrected chi connectivity index (χ1v) is 11.3. The lowest BCUT2D eigenvalue weighted by Gasteiger charge is -2.22. The minimum atomic E-state index is -0.449. The molecule has 1 fully saturated rings. The number of para-hydroxylation sites is 1. The van der Waals surface area contributed by atoms with Crippen LogP contribution >= 0.6 is 0 Å². The summed E-state index contributed by atoms with van der Waals surface area (Å²) in [6.45, 7) is 5.96. The normalized spacial score (nSPS) is 13.4. The van der Waals surface area contributed by atoms with E-state index in [1.807, 2.05) is 53.2 Å². The second-order valence-electron chi connectivity index (χ2n) is 9.37. The number of benzene rings is 2. The topological polar surface area (TPSA) is 85.3 Å². The molecule has 7 nitrogen and oxygen atoms in total. The lowest BCUT2D eigenvalue weighted by molar-refractivity contribution is -0.123. The Morgan fingerprint density at radius 1 is 1.03 bits per heavy atom. The number of ether oxygens (including phenoxy) is 1. The third-order valence-electron chi connectivity index (χ3n) is 5.48. The van der Waals surface area contributed by atoms with Gasteiger partial charge < -0.3 is 4.74 Å². The number of aromatic nitrogens is 2. The molecule has 0 atom stereocenters. The van der Waals surface area contributed by atoms with Crippen LogP contribution in [-0.4, -0.2) is 28.2 Å². The molecule has 0 bridgehead atoms. The molecule has 0 saturated heterocycles. The van der Waals surface area contributed by atoms with E-state index < -0.39 is 11.8 Å². The Hall–Kier alpha value is -3.61. The van der Waals surface area contributed by atoms with Gasteiger partial charge in [0.1, 0.15) is 5.75 Å². The number of hydrogen-bond donors (Lipinski definition) is 2. The van der Waals surface area contributed by atoms with Gasteiger partial charge in [-0.05, 0) is 56.9 Å². The van der Waals surface area contributed by atoms with E-state index in [-0.39, 0.29) is 12.1 Å². The average Bonchev–Trinajstić information content (AvgIpc) is 3.54. The van der Waals surface area contributed by atoms with Gasteiger partial charge in [-0.3, -0.25) is 25.1 Å². The molecule has 0 radical (unpaired) electrons. The maximum absolute atomic E-state index is 12.6. The molecular formula is C26H30N4O3. The molecule has 0 spiro atoms. The molecule has 4 rings (SSSR count). The molecule has 172 valence electrons. The van der Waals surface area contributed by atoms with Gasteiger partial charge in [0.05, 0.1) is 5.54 Å². The largest absolute Gasteiger partial charge is 0.483 e. The van der Waals surface area contributed by atoms with E-state index in [9.17, 15) is 9.59 Å². The average molecular weight is 447 g/mol. The number of nitrogens with zero attached hydrogens (tertiary/aromatic N) is 2. The molecular weight excluding hydrogens is 416 g/mol. The summed E-state index contributed by atoms with van der Waals surface area (Å²) in [5.74, 6) is 0.200. The predicted molar refractivity (Wildman–Crippen MR) is 126 cm³/mol. The van der Waals surface area contributed by atoms with E-state index >= 15 is 0 Å². The highest BCUT2D eigenvalue weighted by Gasteiger charge is 2.32. The molecule has 1 aliphatic carbocycles. The predicted octanol–water partition coefficient (Wildman–Crippen LogP) is 3.95. The van der Waals surface area contributed by atoms with Crippen molar-refractivity contribution in [3.63, 3.8) is 0 Å². The van der Waals surface area contributed by atoms with Crippen molar-refractivity contribution in [3.05, 3.63) is 83.2 Å². The number of amides is 2. The van der Waals surface area contributed by atoms with Crippen molar-refractivity contribution in [2.75, 3.05) is 6.61 Å². The summed E-state index contributed by atoms with van der Waals surface area (Å²) in [5, 5.41) is 4.49. The summed E-state index contributed by atoms with van der Waals surface area (Å²) in [5.41, 5.74) is 8.15. The first-order chi connectivity index (χ1) is 15.8. The lowest BCUT2D eigenvalue weighted by Crippen LogP contribution is -2.44. The summed E-state index contributed by atoms with van der Waals surface area (Å²) in [6.07, 6.45) is 2.93. The molecule has 1 heterocycles. The molecule has 3 aromatic rings. The van der Waals surface area contributed by atoms with E-state index in [0.29, 0.717) is 23.8 Å². The van der Waals surface area contributed by atoms with Gasteiger partial charge in [0, 0.05) is 18.0 Å². The molecule has 1 aromatic heterocycles. The molecule has 1 saturated carbocycles. The van der Waals surface area contributed by atoms with Crippen LogP contribution in [0.2, 0.25) is 0 Å². The van der Waals surface area contributed by atoms with Gasteiger partial charge in [0.25, 0.3) is 11.8 Å². The molecule has 2 aromatic carbocycles. The van der Waals surface area contributed by atoms with Crippen molar-refractivity contribution >= 4 is 11.8 Å². The van der Waals surface area contributed by atoms with Gasteiger partial charge in [0.15, 0.2) is 12.3 Å². The lowest BCUT2D eigenvalue weighted by atomic mass is 10.0. The van der Waals surface area contributed by atoms with Gasteiger partial charge in [-0.2, -0.15) is 5.10 Å². The Morgan fingerprint density at radius 3 is 2.42 bits per heavy atom. The summed E-state index contributed by atoms with van der Waals surface area (Å²) in [6, 6.07) is 19.5. The van der Waals surface area contributed by atoms with E-state index in [1.165, 1.54) is 0 Å². The van der Waals surface area contributed by atoms with E-state index in [4.69, 9.17) is 4.74 Å². The SMILES string of the molecule is CC(C)(C)n1nc(C(=O)NNC(=O)COc2ccccc2Cc2ccccc2)cc1C1CC1. The molecule has 7 heteroatoms. The van der Waals surface area contributed by atoms with Crippen LogP contribution in [0.15, 0.2) is 60.7 Å². The first kappa shape index (κ1) is 22.6. The van der Waals surface area contributed by atoms with Crippen LogP contribution in [0, 0.1) is 0 Å². The minimum Gasteiger partial charge on any atom is -0.483 e. The van der Waals surface area contributed by atoms with Crippen molar-refractivity contribution < 1.29 is 14.3 Å². The zero-order valence-corrected chi connectivity index (χ0v) is 19.3. The number of carbonyl (C=O) groups is 2. The zero-order valence-electron chi connectivity index (χ0n) is 19.3.